The van der Waals surface area contributed by atoms with E-state index in [-0.39, 0.29) is 6.79 Å². The number of hydrogen-bond donors (Lipinski definition) is 0. The van der Waals surface area contributed by atoms with E-state index in [1.165, 1.54) is 6.08 Å². The van der Waals surface area contributed by atoms with Crippen molar-refractivity contribution in [3.8, 4) is 17.2 Å². The lowest BCUT2D eigenvalue weighted by Gasteiger charge is -2.03. The minimum atomic E-state index is -0.494. The molecule has 3 rings (SSSR count). The van der Waals surface area contributed by atoms with Gasteiger partial charge in [0.1, 0.15) is 5.75 Å². The maximum Gasteiger partial charge on any atom is 0.336 e. The molecule has 0 saturated heterocycles. The van der Waals surface area contributed by atoms with Crippen LogP contribution in [0.3, 0.4) is 0 Å². The van der Waals surface area contributed by atoms with Crippen molar-refractivity contribution in [2.75, 3.05) is 6.79 Å². The van der Waals surface area contributed by atoms with E-state index < -0.39 is 5.97 Å². The molecular formula is C16H10BrClO4. The maximum absolute atomic E-state index is 11.8. The normalized spacial score (nSPS) is 12.6. The van der Waals surface area contributed by atoms with E-state index in [0.29, 0.717) is 22.3 Å². The quantitative estimate of drug-likeness (QED) is 0.448. The molecule has 0 bridgehead atoms. The fraction of sp³-hybridized carbons (Fsp3) is 0.0625. The van der Waals surface area contributed by atoms with E-state index in [2.05, 4.69) is 15.9 Å². The highest BCUT2D eigenvalue weighted by Gasteiger charge is 2.15. The number of carbonyl (C=O) groups is 1. The van der Waals surface area contributed by atoms with Gasteiger partial charge in [0.15, 0.2) is 11.5 Å². The minimum absolute atomic E-state index is 0.200. The van der Waals surface area contributed by atoms with E-state index in [1.54, 1.807) is 42.5 Å². The fourth-order valence-electron chi connectivity index (χ4n) is 1.90. The Morgan fingerprint density at radius 3 is 2.77 bits per heavy atom. The van der Waals surface area contributed by atoms with Gasteiger partial charge in [0, 0.05) is 15.6 Å². The van der Waals surface area contributed by atoms with E-state index >= 15 is 0 Å². The zero-order valence-electron chi connectivity index (χ0n) is 11.2. The predicted octanol–water partition coefficient (Wildman–Crippen LogP) is 4.45. The monoisotopic (exact) mass is 380 g/mol. The van der Waals surface area contributed by atoms with Crippen LogP contribution >= 0.6 is 27.5 Å². The molecule has 0 fully saturated rings. The highest BCUT2D eigenvalue weighted by atomic mass is 79.9. The standard InChI is InChI=1S/C16H10BrClO4/c17-13-8-15-14(20-9-21-15)6-10(13)4-5-16(19)22-12-3-1-2-11(18)7-12/h1-8H,9H2/b5-4+. The lowest BCUT2D eigenvalue weighted by Crippen LogP contribution is -2.03. The van der Waals surface area contributed by atoms with Gasteiger partial charge in [-0.15, -0.1) is 0 Å². The summed E-state index contributed by atoms with van der Waals surface area (Å²) in [4.78, 5) is 11.8. The molecule has 2 aromatic rings. The third-order valence-electron chi connectivity index (χ3n) is 2.91. The molecule has 2 aromatic carbocycles. The van der Waals surface area contributed by atoms with Crippen LogP contribution in [0, 0.1) is 0 Å². The summed E-state index contributed by atoms with van der Waals surface area (Å²) in [5.41, 5.74) is 0.785. The second-order valence-corrected chi connectivity index (χ2v) is 5.73. The molecule has 4 nitrogen and oxygen atoms in total. The Morgan fingerprint density at radius 1 is 1.23 bits per heavy atom. The molecule has 0 atom stereocenters. The van der Waals surface area contributed by atoms with Crippen LogP contribution in [0.25, 0.3) is 6.08 Å². The van der Waals surface area contributed by atoms with E-state index in [9.17, 15) is 4.79 Å². The number of hydrogen-bond acceptors (Lipinski definition) is 4. The Labute approximate surface area is 140 Å². The van der Waals surface area contributed by atoms with Gasteiger partial charge in [0.25, 0.3) is 0 Å². The van der Waals surface area contributed by atoms with Crippen LogP contribution in [0.5, 0.6) is 17.2 Å². The molecule has 1 aliphatic rings. The first-order chi connectivity index (χ1) is 10.6. The number of halogens is 2. The Bertz CT molecular complexity index is 758. The second-order valence-electron chi connectivity index (χ2n) is 4.44. The molecule has 6 heteroatoms. The zero-order chi connectivity index (χ0) is 15.5. The van der Waals surface area contributed by atoms with Gasteiger partial charge in [-0.1, -0.05) is 33.6 Å². The molecule has 0 amide bonds. The molecule has 0 saturated carbocycles. The Hall–Kier alpha value is -1.98. The van der Waals surface area contributed by atoms with Gasteiger partial charge >= 0.3 is 5.97 Å². The van der Waals surface area contributed by atoms with Crippen LogP contribution in [-0.4, -0.2) is 12.8 Å². The van der Waals surface area contributed by atoms with Crippen LogP contribution < -0.4 is 14.2 Å². The first kappa shape index (κ1) is 14.9. The van der Waals surface area contributed by atoms with Crippen molar-refractivity contribution in [2.45, 2.75) is 0 Å². The Kier molecular flexibility index (Phi) is 4.36. The smallest absolute Gasteiger partial charge is 0.336 e. The largest absolute Gasteiger partial charge is 0.454 e. The highest BCUT2D eigenvalue weighted by Crippen LogP contribution is 2.37. The number of ether oxygens (including phenoxy) is 3. The summed E-state index contributed by atoms with van der Waals surface area (Å²) < 4.78 is 16.5. The van der Waals surface area contributed by atoms with Crippen LogP contribution in [-0.2, 0) is 4.79 Å². The summed E-state index contributed by atoms with van der Waals surface area (Å²) >= 11 is 9.25. The topological polar surface area (TPSA) is 44.8 Å². The summed E-state index contributed by atoms with van der Waals surface area (Å²) in [6, 6.07) is 10.2. The highest BCUT2D eigenvalue weighted by molar-refractivity contribution is 9.10. The van der Waals surface area contributed by atoms with Crippen LogP contribution in [0.15, 0.2) is 46.9 Å². The Morgan fingerprint density at radius 2 is 2.00 bits per heavy atom. The molecule has 0 aromatic heterocycles. The molecule has 1 aliphatic heterocycles. The first-order valence-corrected chi connectivity index (χ1v) is 7.53. The van der Waals surface area contributed by atoms with Gasteiger partial charge in [-0.2, -0.15) is 0 Å². The number of carbonyl (C=O) groups excluding carboxylic acids is 1. The lowest BCUT2D eigenvalue weighted by molar-refractivity contribution is -0.128. The average Bonchev–Trinajstić information content (AvgIpc) is 2.92. The van der Waals surface area contributed by atoms with Gasteiger partial charge in [0.05, 0.1) is 0 Å². The molecule has 0 spiro atoms. The first-order valence-electron chi connectivity index (χ1n) is 6.36. The van der Waals surface area contributed by atoms with Crippen molar-refractivity contribution >= 4 is 39.6 Å². The lowest BCUT2D eigenvalue weighted by atomic mass is 10.2. The van der Waals surface area contributed by atoms with Crippen molar-refractivity contribution in [2.24, 2.45) is 0 Å². The third-order valence-corrected chi connectivity index (χ3v) is 3.83. The molecule has 22 heavy (non-hydrogen) atoms. The Balaban J connectivity index is 1.72. The zero-order valence-corrected chi connectivity index (χ0v) is 13.6. The van der Waals surface area contributed by atoms with Crippen molar-refractivity contribution in [3.63, 3.8) is 0 Å². The maximum atomic E-state index is 11.8. The van der Waals surface area contributed by atoms with Gasteiger partial charge in [-0.3, -0.25) is 0 Å². The average molecular weight is 382 g/mol. The SMILES string of the molecule is O=C(/C=C/c1cc2c(cc1Br)OCO2)Oc1cccc(Cl)c1. The van der Waals surface area contributed by atoms with Crippen molar-refractivity contribution in [3.05, 3.63) is 57.5 Å². The fourth-order valence-corrected chi connectivity index (χ4v) is 2.53. The van der Waals surface area contributed by atoms with Gasteiger partial charge < -0.3 is 14.2 Å². The molecule has 0 unspecified atom stereocenters. The van der Waals surface area contributed by atoms with E-state index in [1.807, 2.05) is 0 Å². The molecule has 0 N–H and O–H groups in total. The third kappa shape index (κ3) is 3.43. The molecule has 0 aliphatic carbocycles. The second kappa shape index (κ2) is 6.42. The molecular weight excluding hydrogens is 372 g/mol. The van der Waals surface area contributed by atoms with Crippen LogP contribution in [0.2, 0.25) is 5.02 Å². The molecule has 0 radical (unpaired) electrons. The van der Waals surface area contributed by atoms with Crippen molar-refractivity contribution in [1.82, 2.24) is 0 Å². The predicted molar refractivity (Wildman–Crippen MR) is 86.4 cm³/mol. The summed E-state index contributed by atoms with van der Waals surface area (Å²) in [5, 5.41) is 0.507. The minimum Gasteiger partial charge on any atom is -0.454 e. The molecule has 112 valence electrons. The van der Waals surface area contributed by atoms with E-state index in [0.717, 1.165) is 10.0 Å². The summed E-state index contributed by atoms with van der Waals surface area (Å²) in [5.74, 6) is 1.22. The molecule has 1 heterocycles. The van der Waals surface area contributed by atoms with Gasteiger partial charge in [0.2, 0.25) is 6.79 Å². The summed E-state index contributed by atoms with van der Waals surface area (Å²) in [7, 11) is 0. The van der Waals surface area contributed by atoms with Gasteiger partial charge in [-0.25, -0.2) is 4.79 Å². The number of esters is 1. The number of fused-ring (bicyclic) bond motifs is 1. The number of benzene rings is 2. The summed E-state index contributed by atoms with van der Waals surface area (Å²) in [6.07, 6.45) is 2.97. The van der Waals surface area contributed by atoms with Crippen LogP contribution in [0.4, 0.5) is 0 Å². The van der Waals surface area contributed by atoms with Crippen LogP contribution in [0.1, 0.15) is 5.56 Å². The van der Waals surface area contributed by atoms with Crippen molar-refractivity contribution < 1.29 is 19.0 Å². The number of rotatable bonds is 3. The van der Waals surface area contributed by atoms with E-state index in [4.69, 9.17) is 25.8 Å². The summed E-state index contributed by atoms with van der Waals surface area (Å²) in [6.45, 7) is 0.200. The van der Waals surface area contributed by atoms with Gasteiger partial charge in [-0.05, 0) is 42.0 Å². The van der Waals surface area contributed by atoms with Crippen molar-refractivity contribution in [1.29, 1.82) is 0 Å².